The van der Waals surface area contributed by atoms with E-state index in [1.165, 1.54) is 0 Å². The normalized spacial score (nSPS) is 29.1. The number of rotatable bonds is 12. The number of para-hydroxylation sites is 1. The van der Waals surface area contributed by atoms with Gasteiger partial charge in [-0.3, -0.25) is 14.4 Å². The molecule has 2 aromatic rings. The van der Waals surface area contributed by atoms with Crippen LogP contribution < -0.4 is 15.4 Å². The van der Waals surface area contributed by atoms with Crippen LogP contribution in [0, 0.1) is 31.6 Å². The summed E-state index contributed by atoms with van der Waals surface area (Å²) in [5.74, 6) is -1.64. The molecule has 2 bridgehead atoms. The van der Waals surface area contributed by atoms with Crippen molar-refractivity contribution < 1.29 is 29.0 Å². The zero-order valence-corrected chi connectivity index (χ0v) is 25.9. The monoisotopic (exact) mass is 591 g/mol. The van der Waals surface area contributed by atoms with Crippen molar-refractivity contribution in [3.8, 4) is 5.75 Å². The highest BCUT2D eigenvalue weighted by Crippen LogP contribution is 2.65. The lowest BCUT2D eigenvalue weighted by atomic mass is 9.62. The van der Waals surface area contributed by atoms with Crippen molar-refractivity contribution >= 4 is 29.1 Å². The van der Waals surface area contributed by atoms with Crippen LogP contribution >= 0.6 is 0 Å². The molecule has 0 radical (unpaired) electrons. The van der Waals surface area contributed by atoms with E-state index in [2.05, 4.69) is 10.6 Å². The van der Waals surface area contributed by atoms with Crippen LogP contribution in [-0.4, -0.2) is 64.7 Å². The van der Waals surface area contributed by atoms with E-state index in [9.17, 15) is 19.5 Å². The van der Waals surface area contributed by atoms with Crippen LogP contribution in [0.2, 0.25) is 0 Å². The number of aliphatic hydroxyl groups excluding tert-OH is 1. The maximum absolute atomic E-state index is 14.4. The van der Waals surface area contributed by atoms with Crippen LogP contribution in [-0.2, 0) is 19.1 Å². The molecular formula is C34H45N3O6. The second kappa shape index (κ2) is 12.3. The van der Waals surface area contributed by atoms with Gasteiger partial charge in [0, 0.05) is 24.5 Å². The highest BCUT2D eigenvalue weighted by atomic mass is 16.5. The summed E-state index contributed by atoms with van der Waals surface area (Å²) in [5, 5.41) is 15.4. The SMILES string of the molecule is CCOc1ccc(NC(=O)[C@H]2[C@H]3C(=O)N(CCCCCCO)C(C(=O)Nc4c(C)cccc4C)C34CC(C)[C@]2(C)O4)cc1. The van der Waals surface area contributed by atoms with Crippen LogP contribution in [0.4, 0.5) is 11.4 Å². The first-order chi connectivity index (χ1) is 20.6. The second-order valence-electron chi connectivity index (χ2n) is 12.6. The van der Waals surface area contributed by atoms with Crippen molar-refractivity contribution in [3.05, 3.63) is 53.6 Å². The molecule has 3 amide bonds. The number of hydrogen-bond acceptors (Lipinski definition) is 6. The number of anilines is 2. The number of carbonyl (C=O) groups is 3. The predicted molar refractivity (Wildman–Crippen MR) is 165 cm³/mol. The van der Waals surface area contributed by atoms with Gasteiger partial charge >= 0.3 is 0 Å². The Balaban J connectivity index is 1.47. The molecule has 0 aromatic heterocycles. The van der Waals surface area contributed by atoms with Gasteiger partial charge in [0.25, 0.3) is 0 Å². The molecule has 3 fully saturated rings. The van der Waals surface area contributed by atoms with Gasteiger partial charge in [0.1, 0.15) is 17.4 Å². The molecule has 0 saturated carbocycles. The molecule has 3 aliphatic rings. The molecule has 9 heteroatoms. The number of benzene rings is 2. The van der Waals surface area contributed by atoms with Gasteiger partial charge < -0.3 is 30.1 Å². The maximum Gasteiger partial charge on any atom is 0.250 e. The lowest BCUT2D eigenvalue weighted by Gasteiger charge is -2.36. The Morgan fingerprint density at radius 2 is 1.70 bits per heavy atom. The van der Waals surface area contributed by atoms with Crippen molar-refractivity contribution in [3.63, 3.8) is 0 Å². The summed E-state index contributed by atoms with van der Waals surface area (Å²) < 4.78 is 12.4. The number of unbranched alkanes of at least 4 members (excludes halogenated alkanes) is 3. The average Bonchev–Trinajstić information content (AvgIpc) is 3.48. The smallest absolute Gasteiger partial charge is 0.250 e. The number of ether oxygens (including phenoxy) is 2. The Kier molecular flexibility index (Phi) is 8.86. The number of carbonyl (C=O) groups excluding carboxylic acids is 3. The first-order valence-electron chi connectivity index (χ1n) is 15.6. The topological polar surface area (TPSA) is 117 Å². The Labute approximate surface area is 254 Å². The van der Waals surface area contributed by atoms with Crippen molar-refractivity contribution in [2.24, 2.45) is 17.8 Å². The molecule has 9 nitrogen and oxygen atoms in total. The van der Waals surface area contributed by atoms with Gasteiger partial charge in [-0.05, 0) is 88.3 Å². The van der Waals surface area contributed by atoms with E-state index in [1.54, 1.807) is 29.2 Å². The van der Waals surface area contributed by atoms with Gasteiger partial charge in [-0.2, -0.15) is 0 Å². The summed E-state index contributed by atoms with van der Waals surface area (Å²) >= 11 is 0. The number of aryl methyl sites for hydroxylation is 2. The molecule has 43 heavy (non-hydrogen) atoms. The van der Waals surface area contributed by atoms with E-state index in [1.807, 2.05) is 52.8 Å². The first-order valence-corrected chi connectivity index (χ1v) is 15.6. The molecule has 3 saturated heterocycles. The number of likely N-dealkylation sites (tertiary alicyclic amines) is 1. The summed E-state index contributed by atoms with van der Waals surface area (Å²) in [6.07, 6.45) is 3.56. The zero-order chi connectivity index (χ0) is 30.9. The van der Waals surface area contributed by atoms with E-state index in [0.29, 0.717) is 43.9 Å². The second-order valence-corrected chi connectivity index (χ2v) is 12.6. The van der Waals surface area contributed by atoms with Crippen LogP contribution in [0.25, 0.3) is 0 Å². The highest BCUT2D eigenvalue weighted by Gasteiger charge is 2.79. The molecule has 5 rings (SSSR count). The van der Waals surface area contributed by atoms with E-state index < -0.39 is 29.1 Å². The van der Waals surface area contributed by atoms with Gasteiger partial charge in [-0.15, -0.1) is 0 Å². The molecule has 3 aliphatic heterocycles. The average molecular weight is 592 g/mol. The van der Waals surface area contributed by atoms with Crippen LogP contribution in [0.15, 0.2) is 42.5 Å². The third kappa shape index (κ3) is 5.42. The van der Waals surface area contributed by atoms with Gasteiger partial charge in [-0.1, -0.05) is 38.0 Å². The number of hydrogen-bond donors (Lipinski definition) is 3. The minimum atomic E-state index is -1.11. The fraction of sp³-hybridized carbons (Fsp3) is 0.559. The largest absolute Gasteiger partial charge is 0.494 e. The Bertz CT molecular complexity index is 1340. The number of aliphatic hydroxyl groups is 1. The molecule has 0 aliphatic carbocycles. The standard InChI is InChI=1S/C34H45N3O6/c1-6-42-25-16-14-24(15-17-25)35-30(39)26-27-32(41)37(18-9-7-8-10-19-38)29(34(27)20-23(4)33(26,5)43-34)31(40)36-28-21(2)12-11-13-22(28)3/h11-17,23,26-27,29,38H,6-10,18-20H2,1-5H3,(H,35,39)(H,36,40)/t23?,26-,27+,29?,33+,34?/m1/s1. The van der Waals surface area contributed by atoms with E-state index in [4.69, 9.17) is 9.47 Å². The summed E-state index contributed by atoms with van der Waals surface area (Å²) in [6, 6.07) is 12.2. The number of nitrogens with one attached hydrogen (secondary N) is 2. The number of nitrogens with zero attached hydrogens (tertiary/aromatic N) is 1. The molecule has 3 N–H and O–H groups in total. The van der Waals surface area contributed by atoms with Crippen molar-refractivity contribution in [1.82, 2.24) is 4.90 Å². The molecule has 3 unspecified atom stereocenters. The minimum absolute atomic E-state index is 0.0485. The summed E-state index contributed by atoms with van der Waals surface area (Å²) in [4.78, 5) is 44.3. The predicted octanol–water partition coefficient (Wildman–Crippen LogP) is 4.84. The Morgan fingerprint density at radius 1 is 1.02 bits per heavy atom. The number of fused-ring (bicyclic) bond motifs is 1. The Hall–Kier alpha value is -3.43. The first kappa shape index (κ1) is 31.0. The fourth-order valence-corrected chi connectivity index (χ4v) is 7.65. The highest BCUT2D eigenvalue weighted by molar-refractivity contribution is 6.05. The third-order valence-electron chi connectivity index (χ3n) is 9.81. The Morgan fingerprint density at radius 3 is 2.35 bits per heavy atom. The van der Waals surface area contributed by atoms with Gasteiger partial charge in [0.05, 0.1) is 24.0 Å². The van der Waals surface area contributed by atoms with Crippen molar-refractivity contribution in [1.29, 1.82) is 0 Å². The molecular weight excluding hydrogens is 546 g/mol. The molecule has 6 atom stereocenters. The lowest BCUT2D eigenvalue weighted by Crippen LogP contribution is -2.54. The van der Waals surface area contributed by atoms with Gasteiger partial charge in [0.2, 0.25) is 17.7 Å². The van der Waals surface area contributed by atoms with E-state index in [0.717, 1.165) is 29.7 Å². The molecule has 1 spiro atoms. The number of amides is 3. The summed E-state index contributed by atoms with van der Waals surface area (Å²) in [5.41, 5.74) is 1.20. The van der Waals surface area contributed by atoms with Crippen molar-refractivity contribution in [2.45, 2.75) is 84.0 Å². The van der Waals surface area contributed by atoms with Crippen LogP contribution in [0.3, 0.4) is 0 Å². The molecule has 2 aromatic carbocycles. The fourth-order valence-electron chi connectivity index (χ4n) is 7.65. The lowest BCUT2D eigenvalue weighted by molar-refractivity contribution is -0.144. The van der Waals surface area contributed by atoms with Crippen LogP contribution in [0.1, 0.15) is 64.0 Å². The van der Waals surface area contributed by atoms with Gasteiger partial charge in [-0.25, -0.2) is 0 Å². The third-order valence-corrected chi connectivity index (χ3v) is 9.81. The van der Waals surface area contributed by atoms with E-state index >= 15 is 0 Å². The summed E-state index contributed by atoms with van der Waals surface area (Å²) in [7, 11) is 0. The molecule has 232 valence electrons. The van der Waals surface area contributed by atoms with Crippen LogP contribution in [0.5, 0.6) is 5.75 Å². The van der Waals surface area contributed by atoms with Gasteiger partial charge in [0.15, 0.2) is 0 Å². The summed E-state index contributed by atoms with van der Waals surface area (Å²) in [6.45, 7) is 10.8. The quantitative estimate of drug-likeness (QED) is 0.304. The molecule has 3 heterocycles. The van der Waals surface area contributed by atoms with Crippen molar-refractivity contribution in [2.75, 3.05) is 30.4 Å². The maximum atomic E-state index is 14.4. The minimum Gasteiger partial charge on any atom is -0.494 e. The zero-order valence-electron chi connectivity index (χ0n) is 25.9. The van der Waals surface area contributed by atoms with E-state index in [-0.39, 0.29) is 30.2 Å².